The van der Waals surface area contributed by atoms with Gasteiger partial charge in [-0.3, -0.25) is 0 Å². The van der Waals surface area contributed by atoms with Crippen molar-refractivity contribution in [1.29, 1.82) is 0 Å². The van der Waals surface area contributed by atoms with E-state index in [1.54, 1.807) is 19.0 Å². The first-order chi connectivity index (χ1) is 5.11. The molecule has 2 nitrogen and oxygen atoms in total. The van der Waals surface area contributed by atoms with Crippen LogP contribution >= 0.6 is 11.6 Å². The van der Waals surface area contributed by atoms with Gasteiger partial charge >= 0.3 is 6.92 Å². The van der Waals surface area contributed by atoms with Crippen LogP contribution in [0.25, 0.3) is 0 Å². The fourth-order valence-electron chi connectivity index (χ4n) is 0.996. The van der Waals surface area contributed by atoms with E-state index in [4.69, 9.17) is 16.6 Å². The average molecular weight is 172 g/mol. The van der Waals surface area contributed by atoms with Gasteiger partial charge in [0.15, 0.2) is 0 Å². The summed E-state index contributed by atoms with van der Waals surface area (Å²) in [6.45, 7) is 1.18. The molecule has 1 aliphatic carbocycles. The van der Waals surface area contributed by atoms with Crippen molar-refractivity contribution >= 4 is 18.5 Å². The Balaban J connectivity index is 2.73. The van der Waals surface area contributed by atoms with Gasteiger partial charge in [0.25, 0.3) is 0 Å². The van der Waals surface area contributed by atoms with Gasteiger partial charge in [0.1, 0.15) is 0 Å². The van der Waals surface area contributed by atoms with Crippen LogP contribution in [-0.4, -0.2) is 23.2 Å². The maximum atomic E-state index is 9.24. The van der Waals surface area contributed by atoms with E-state index in [1.807, 2.05) is 0 Å². The number of rotatable bonds is 1. The van der Waals surface area contributed by atoms with E-state index in [2.05, 4.69) is 0 Å². The van der Waals surface area contributed by atoms with Gasteiger partial charge in [0.05, 0.1) is 6.10 Å². The molecule has 0 aromatic heterocycles. The quantitative estimate of drug-likeness (QED) is 0.578. The van der Waals surface area contributed by atoms with Crippen molar-refractivity contribution in [2.75, 3.05) is 0 Å². The minimum atomic E-state index is -0.633. The summed E-state index contributed by atoms with van der Waals surface area (Å²) in [7, 11) is 0. The normalized spacial score (nSPS) is 24.2. The van der Waals surface area contributed by atoms with Gasteiger partial charge in [-0.2, -0.15) is 0 Å². The second-order valence-electron chi connectivity index (χ2n) is 2.69. The van der Waals surface area contributed by atoms with Crippen LogP contribution in [-0.2, 0) is 0 Å². The lowest BCUT2D eigenvalue weighted by atomic mass is 9.61. The molecule has 1 aliphatic rings. The summed E-state index contributed by atoms with van der Waals surface area (Å²) in [6.07, 6.45) is 3.18. The topological polar surface area (TPSA) is 40.5 Å². The molecular weight excluding hydrogens is 162 g/mol. The number of hydrogen-bond donors (Lipinski definition) is 2. The Bertz CT molecular complexity index is 210. The van der Waals surface area contributed by atoms with Crippen LogP contribution in [0.15, 0.2) is 22.7 Å². The van der Waals surface area contributed by atoms with Gasteiger partial charge in [0.2, 0.25) is 0 Å². The third-order valence-electron chi connectivity index (χ3n) is 1.74. The van der Waals surface area contributed by atoms with E-state index in [1.165, 1.54) is 0 Å². The highest BCUT2D eigenvalue weighted by Crippen LogP contribution is 2.22. The monoisotopic (exact) mass is 172 g/mol. The third kappa shape index (κ3) is 2.09. The SMILES string of the molecule is CB(O)C1=CC=C(Cl)C(O)C1. The molecule has 0 saturated carbocycles. The molecular formula is C7H10BClO2. The predicted molar refractivity (Wildman–Crippen MR) is 46.5 cm³/mol. The largest absolute Gasteiger partial charge is 0.447 e. The van der Waals surface area contributed by atoms with Gasteiger partial charge in [0, 0.05) is 5.03 Å². The lowest BCUT2D eigenvalue weighted by molar-refractivity contribution is 0.219. The van der Waals surface area contributed by atoms with E-state index in [-0.39, 0.29) is 0 Å². The van der Waals surface area contributed by atoms with Crippen molar-refractivity contribution in [2.24, 2.45) is 0 Å². The number of aliphatic hydroxyl groups excluding tert-OH is 1. The summed E-state index contributed by atoms with van der Waals surface area (Å²) in [4.78, 5) is 0. The summed E-state index contributed by atoms with van der Waals surface area (Å²) < 4.78 is 0. The standard InChI is InChI=1S/C7H10BClO2/c1-8(11)5-2-3-6(9)7(10)4-5/h2-3,7,10-11H,4H2,1H3. The van der Waals surface area contributed by atoms with Crippen molar-refractivity contribution in [2.45, 2.75) is 19.3 Å². The zero-order chi connectivity index (χ0) is 8.43. The lowest BCUT2D eigenvalue weighted by Crippen LogP contribution is -2.19. The minimum Gasteiger partial charge on any atom is -0.447 e. The van der Waals surface area contributed by atoms with Gasteiger partial charge in [-0.25, -0.2) is 0 Å². The average Bonchev–Trinajstić information content (AvgIpc) is 1.94. The van der Waals surface area contributed by atoms with Crippen LogP contribution in [0.4, 0.5) is 0 Å². The van der Waals surface area contributed by atoms with Crippen LogP contribution in [0.1, 0.15) is 6.42 Å². The van der Waals surface area contributed by atoms with Crippen LogP contribution in [0, 0.1) is 0 Å². The molecule has 0 radical (unpaired) electrons. The Kier molecular flexibility index (Phi) is 2.76. The smallest absolute Gasteiger partial charge is 0.316 e. The predicted octanol–water partition coefficient (Wildman–Crippen LogP) is 0.953. The molecule has 11 heavy (non-hydrogen) atoms. The van der Waals surface area contributed by atoms with E-state index in [0.717, 1.165) is 5.47 Å². The summed E-state index contributed by atoms with van der Waals surface area (Å²) in [6, 6.07) is 0. The van der Waals surface area contributed by atoms with E-state index in [0.29, 0.717) is 11.5 Å². The summed E-state index contributed by atoms with van der Waals surface area (Å²) in [5.41, 5.74) is 0.821. The highest BCUT2D eigenvalue weighted by Gasteiger charge is 2.19. The molecule has 0 amide bonds. The first kappa shape index (κ1) is 8.85. The number of halogens is 1. The number of hydrogen-bond acceptors (Lipinski definition) is 2. The van der Waals surface area contributed by atoms with Crippen LogP contribution < -0.4 is 0 Å². The molecule has 2 N–H and O–H groups in total. The molecule has 1 unspecified atom stereocenters. The van der Waals surface area contributed by atoms with Crippen molar-refractivity contribution in [1.82, 2.24) is 0 Å². The van der Waals surface area contributed by atoms with Crippen LogP contribution in [0.2, 0.25) is 6.82 Å². The van der Waals surface area contributed by atoms with Crippen molar-refractivity contribution < 1.29 is 10.1 Å². The Morgan fingerprint density at radius 1 is 1.64 bits per heavy atom. The summed E-state index contributed by atoms with van der Waals surface area (Å²) in [5.74, 6) is 0. The number of aliphatic hydroxyl groups is 1. The second kappa shape index (κ2) is 3.43. The Morgan fingerprint density at radius 2 is 2.27 bits per heavy atom. The van der Waals surface area contributed by atoms with Crippen LogP contribution in [0.5, 0.6) is 0 Å². The van der Waals surface area contributed by atoms with E-state index >= 15 is 0 Å². The van der Waals surface area contributed by atoms with Gasteiger partial charge < -0.3 is 10.1 Å². The maximum Gasteiger partial charge on any atom is 0.316 e. The highest BCUT2D eigenvalue weighted by atomic mass is 35.5. The van der Waals surface area contributed by atoms with E-state index < -0.39 is 13.0 Å². The van der Waals surface area contributed by atoms with Crippen LogP contribution in [0.3, 0.4) is 0 Å². The van der Waals surface area contributed by atoms with Gasteiger partial charge in [-0.1, -0.05) is 30.0 Å². The molecule has 0 bridgehead atoms. The van der Waals surface area contributed by atoms with E-state index in [9.17, 15) is 5.11 Å². The molecule has 4 heteroatoms. The maximum absolute atomic E-state index is 9.24. The molecule has 0 spiro atoms. The van der Waals surface area contributed by atoms with Gasteiger partial charge in [-0.15, -0.1) is 0 Å². The highest BCUT2D eigenvalue weighted by molar-refractivity contribution is 6.57. The molecule has 0 aromatic carbocycles. The Labute approximate surface area is 71.3 Å². The summed E-state index contributed by atoms with van der Waals surface area (Å²) >= 11 is 5.62. The minimum absolute atomic E-state index is 0.438. The first-order valence-electron chi connectivity index (χ1n) is 3.53. The second-order valence-corrected chi connectivity index (χ2v) is 3.13. The molecule has 0 heterocycles. The molecule has 0 aliphatic heterocycles. The van der Waals surface area contributed by atoms with Crippen molar-refractivity contribution in [3.63, 3.8) is 0 Å². The molecule has 1 atom stereocenters. The molecule has 0 aromatic rings. The first-order valence-corrected chi connectivity index (χ1v) is 3.91. The number of allylic oxidation sites excluding steroid dienone is 2. The van der Waals surface area contributed by atoms with Crippen molar-refractivity contribution in [3.05, 3.63) is 22.7 Å². The third-order valence-corrected chi connectivity index (χ3v) is 2.12. The zero-order valence-corrected chi connectivity index (χ0v) is 7.04. The molecule has 0 fully saturated rings. The fraction of sp³-hybridized carbons (Fsp3) is 0.429. The zero-order valence-electron chi connectivity index (χ0n) is 6.29. The van der Waals surface area contributed by atoms with Crippen molar-refractivity contribution in [3.8, 4) is 0 Å². The molecule has 60 valence electrons. The Hall–Kier alpha value is -0.245. The Morgan fingerprint density at radius 3 is 2.73 bits per heavy atom. The van der Waals surface area contributed by atoms with Gasteiger partial charge in [-0.05, 0) is 12.5 Å². The molecule has 1 rings (SSSR count). The lowest BCUT2D eigenvalue weighted by Gasteiger charge is -2.16. The molecule has 0 saturated heterocycles. The summed E-state index contributed by atoms with van der Waals surface area (Å²) in [5, 5.41) is 18.8. The fourth-order valence-corrected chi connectivity index (χ4v) is 1.14.